The van der Waals surface area contributed by atoms with E-state index in [0.29, 0.717) is 17.6 Å². The Morgan fingerprint density at radius 2 is 2.21 bits per heavy atom. The lowest BCUT2D eigenvalue weighted by atomic mass is 10.1. The van der Waals surface area contributed by atoms with Crippen LogP contribution in [0.3, 0.4) is 0 Å². The topological polar surface area (TPSA) is 41.1 Å². The van der Waals surface area contributed by atoms with Crippen molar-refractivity contribution in [1.29, 1.82) is 0 Å². The maximum absolute atomic E-state index is 11.9. The summed E-state index contributed by atoms with van der Waals surface area (Å²) in [6.07, 6.45) is 3.60. The lowest BCUT2D eigenvalue weighted by molar-refractivity contribution is -0.115. The van der Waals surface area contributed by atoms with Crippen molar-refractivity contribution >= 4 is 23.2 Å². The van der Waals surface area contributed by atoms with E-state index in [2.05, 4.69) is 17.6 Å². The molecule has 19 heavy (non-hydrogen) atoms. The third-order valence-electron chi connectivity index (χ3n) is 3.72. The Labute approximate surface area is 119 Å². The summed E-state index contributed by atoms with van der Waals surface area (Å²) in [4.78, 5) is 11.9. The summed E-state index contributed by atoms with van der Waals surface area (Å²) in [5, 5.41) is 6.86. The highest BCUT2D eigenvalue weighted by Crippen LogP contribution is 2.24. The van der Waals surface area contributed by atoms with Gasteiger partial charge in [0, 0.05) is 16.8 Å². The van der Waals surface area contributed by atoms with Crippen molar-refractivity contribution in [3.8, 4) is 0 Å². The molecule has 0 aromatic heterocycles. The Bertz CT molecular complexity index is 461. The van der Waals surface area contributed by atoms with Gasteiger partial charge in [0.25, 0.3) is 0 Å². The van der Waals surface area contributed by atoms with Crippen LogP contribution in [0.25, 0.3) is 0 Å². The Kier molecular flexibility index (Phi) is 4.83. The minimum absolute atomic E-state index is 0.00933. The number of carbonyl (C=O) groups is 1. The van der Waals surface area contributed by atoms with E-state index < -0.39 is 0 Å². The molecule has 0 spiro atoms. The molecule has 2 N–H and O–H groups in total. The number of hydrogen-bond acceptors (Lipinski definition) is 2. The second-order valence-electron chi connectivity index (χ2n) is 5.50. The van der Waals surface area contributed by atoms with Crippen LogP contribution < -0.4 is 10.6 Å². The van der Waals surface area contributed by atoms with Crippen LogP contribution in [0.5, 0.6) is 0 Å². The molecule has 0 aliphatic heterocycles. The molecular weight excluding hydrogens is 260 g/mol. The lowest BCUT2D eigenvalue weighted by Gasteiger charge is -2.13. The molecule has 0 heterocycles. The van der Waals surface area contributed by atoms with Crippen LogP contribution in [0.4, 0.5) is 5.69 Å². The summed E-state index contributed by atoms with van der Waals surface area (Å²) in [6, 6.07) is 6.00. The van der Waals surface area contributed by atoms with Crippen LogP contribution in [0.15, 0.2) is 18.2 Å². The van der Waals surface area contributed by atoms with E-state index in [9.17, 15) is 4.79 Å². The molecule has 1 fully saturated rings. The molecule has 0 radical (unpaired) electrons. The standard InChI is InChI=1S/C15H21ClN2O/c1-10-3-6-13(7-10)17-9-15(19)18-14-8-12(16)5-4-11(14)2/h4-5,8,10,13,17H,3,6-7,9H2,1-2H3,(H,18,19). The van der Waals surface area contributed by atoms with Crippen molar-refractivity contribution in [1.82, 2.24) is 5.32 Å². The van der Waals surface area contributed by atoms with Crippen molar-refractivity contribution in [3.63, 3.8) is 0 Å². The molecule has 1 saturated carbocycles. The molecule has 104 valence electrons. The molecule has 1 aromatic carbocycles. The van der Waals surface area contributed by atoms with Crippen LogP contribution in [-0.4, -0.2) is 18.5 Å². The van der Waals surface area contributed by atoms with Gasteiger partial charge in [-0.05, 0) is 49.8 Å². The molecule has 2 unspecified atom stereocenters. The third-order valence-corrected chi connectivity index (χ3v) is 3.95. The number of carbonyl (C=O) groups excluding carboxylic acids is 1. The van der Waals surface area contributed by atoms with Crippen molar-refractivity contribution in [2.45, 2.75) is 39.2 Å². The largest absolute Gasteiger partial charge is 0.325 e. The summed E-state index contributed by atoms with van der Waals surface area (Å²) in [5.74, 6) is 0.764. The van der Waals surface area contributed by atoms with Gasteiger partial charge in [0.1, 0.15) is 0 Å². The molecule has 1 amide bonds. The van der Waals surface area contributed by atoms with Gasteiger partial charge >= 0.3 is 0 Å². The van der Waals surface area contributed by atoms with E-state index in [-0.39, 0.29) is 5.91 Å². The average Bonchev–Trinajstić information content (AvgIpc) is 2.77. The van der Waals surface area contributed by atoms with Gasteiger partial charge < -0.3 is 10.6 Å². The van der Waals surface area contributed by atoms with Gasteiger partial charge in [-0.2, -0.15) is 0 Å². The Hall–Kier alpha value is -1.06. The van der Waals surface area contributed by atoms with Crippen LogP contribution in [0.1, 0.15) is 31.7 Å². The summed E-state index contributed by atoms with van der Waals surface area (Å²) in [7, 11) is 0. The zero-order valence-electron chi connectivity index (χ0n) is 11.5. The molecule has 0 saturated heterocycles. The summed E-state index contributed by atoms with van der Waals surface area (Å²) >= 11 is 5.93. The zero-order valence-corrected chi connectivity index (χ0v) is 12.3. The second-order valence-corrected chi connectivity index (χ2v) is 5.94. The van der Waals surface area contributed by atoms with Crippen LogP contribution in [0.2, 0.25) is 5.02 Å². The van der Waals surface area contributed by atoms with E-state index in [1.807, 2.05) is 19.1 Å². The van der Waals surface area contributed by atoms with Crippen LogP contribution in [-0.2, 0) is 4.79 Å². The monoisotopic (exact) mass is 280 g/mol. The van der Waals surface area contributed by atoms with Gasteiger partial charge in [0.2, 0.25) is 5.91 Å². The first-order valence-electron chi connectivity index (χ1n) is 6.84. The number of aryl methyl sites for hydroxylation is 1. The fourth-order valence-corrected chi connectivity index (χ4v) is 2.72. The molecule has 2 atom stereocenters. The van der Waals surface area contributed by atoms with E-state index in [1.54, 1.807) is 6.07 Å². The molecule has 3 nitrogen and oxygen atoms in total. The van der Waals surface area contributed by atoms with Gasteiger partial charge in [-0.1, -0.05) is 24.6 Å². The number of nitrogens with one attached hydrogen (secondary N) is 2. The number of rotatable bonds is 4. The number of benzene rings is 1. The van der Waals surface area contributed by atoms with Gasteiger partial charge in [0.15, 0.2) is 0 Å². The van der Waals surface area contributed by atoms with E-state index >= 15 is 0 Å². The van der Waals surface area contributed by atoms with Crippen molar-refractivity contribution < 1.29 is 4.79 Å². The number of amides is 1. The van der Waals surface area contributed by atoms with E-state index in [4.69, 9.17) is 11.6 Å². The first kappa shape index (κ1) is 14.4. The van der Waals surface area contributed by atoms with Gasteiger partial charge in [-0.3, -0.25) is 4.79 Å². The summed E-state index contributed by atoms with van der Waals surface area (Å²) in [5.41, 5.74) is 1.81. The van der Waals surface area contributed by atoms with E-state index in [0.717, 1.165) is 17.2 Å². The molecule has 1 aliphatic carbocycles. The summed E-state index contributed by atoms with van der Waals surface area (Å²) < 4.78 is 0. The van der Waals surface area contributed by atoms with Crippen molar-refractivity contribution in [2.24, 2.45) is 5.92 Å². The lowest BCUT2D eigenvalue weighted by Crippen LogP contribution is -2.34. The SMILES string of the molecule is Cc1ccc(Cl)cc1NC(=O)CNC1CCC(C)C1. The maximum Gasteiger partial charge on any atom is 0.238 e. The number of hydrogen-bond donors (Lipinski definition) is 2. The minimum Gasteiger partial charge on any atom is -0.325 e. The molecule has 4 heteroatoms. The predicted octanol–water partition coefficient (Wildman–Crippen LogP) is 3.37. The second kappa shape index (κ2) is 6.40. The van der Waals surface area contributed by atoms with Crippen molar-refractivity contribution in [2.75, 3.05) is 11.9 Å². The predicted molar refractivity (Wildman–Crippen MR) is 79.6 cm³/mol. The fraction of sp³-hybridized carbons (Fsp3) is 0.533. The highest BCUT2D eigenvalue weighted by molar-refractivity contribution is 6.31. The normalized spacial score (nSPS) is 22.5. The third kappa shape index (κ3) is 4.22. The molecule has 2 rings (SSSR count). The smallest absolute Gasteiger partial charge is 0.238 e. The highest BCUT2D eigenvalue weighted by Gasteiger charge is 2.21. The van der Waals surface area contributed by atoms with Gasteiger partial charge in [-0.15, -0.1) is 0 Å². The minimum atomic E-state index is -0.00933. The number of halogens is 1. The molecule has 0 bridgehead atoms. The maximum atomic E-state index is 11.9. The zero-order chi connectivity index (χ0) is 13.8. The molecule has 1 aliphatic rings. The quantitative estimate of drug-likeness (QED) is 0.888. The van der Waals surface area contributed by atoms with Gasteiger partial charge in [-0.25, -0.2) is 0 Å². The Balaban J connectivity index is 1.82. The highest BCUT2D eigenvalue weighted by atomic mass is 35.5. The fourth-order valence-electron chi connectivity index (χ4n) is 2.55. The van der Waals surface area contributed by atoms with Crippen LogP contribution in [0, 0.1) is 12.8 Å². The Morgan fingerprint density at radius 1 is 1.42 bits per heavy atom. The Morgan fingerprint density at radius 3 is 2.89 bits per heavy atom. The number of anilines is 1. The van der Waals surface area contributed by atoms with Gasteiger partial charge in [0.05, 0.1) is 6.54 Å². The van der Waals surface area contributed by atoms with Crippen LogP contribution >= 0.6 is 11.6 Å². The molecular formula is C15H21ClN2O. The van der Waals surface area contributed by atoms with E-state index in [1.165, 1.54) is 19.3 Å². The first-order chi connectivity index (χ1) is 9.04. The van der Waals surface area contributed by atoms with Crippen molar-refractivity contribution in [3.05, 3.63) is 28.8 Å². The summed E-state index contributed by atoms with van der Waals surface area (Å²) in [6.45, 7) is 4.58. The molecule has 1 aromatic rings. The average molecular weight is 281 g/mol. The first-order valence-corrected chi connectivity index (χ1v) is 7.22.